The predicted molar refractivity (Wildman–Crippen MR) is 196 cm³/mol. The van der Waals surface area contributed by atoms with E-state index in [2.05, 4.69) is 83.1 Å². The van der Waals surface area contributed by atoms with Crippen LogP contribution in [-0.2, 0) is 0 Å². The molecule has 0 rings (SSSR count). The number of hydrogen-bond acceptors (Lipinski definition) is 0. The van der Waals surface area contributed by atoms with Gasteiger partial charge in [0.2, 0.25) is 0 Å². The van der Waals surface area contributed by atoms with Crippen LogP contribution in [-0.4, -0.2) is 0 Å². The molecule has 0 bridgehead atoms. The van der Waals surface area contributed by atoms with Crippen molar-refractivity contribution in [1.82, 2.24) is 0 Å². The van der Waals surface area contributed by atoms with Crippen molar-refractivity contribution in [2.24, 2.45) is 23.7 Å². The monoisotopic (exact) mass is 533 g/mol. The minimum absolute atomic E-state index is 0.833. The Bertz CT molecular complexity index is 43.0. The minimum Gasteiger partial charge on any atom is -0.0683 e. The summed E-state index contributed by atoms with van der Waals surface area (Å²) >= 11 is 0. The molecule has 0 spiro atoms. The number of hydrogen-bond donors (Lipinski definition) is 0. The first-order valence-electron chi connectivity index (χ1n) is 16.9. The first kappa shape index (κ1) is 91.1. The summed E-state index contributed by atoms with van der Waals surface area (Å²) in [7, 11) is 0. The quantitative estimate of drug-likeness (QED) is 0.291. The van der Waals surface area contributed by atoms with E-state index in [0.717, 1.165) is 23.7 Å². The fraction of sp³-hybridized carbons (Fsp3) is 1.00. The molecule has 244 valence electrons. The standard InChI is InChI=1S/4C4H10.10C2H6/c4*1-4(2)3;10*1-2/h4*4H,1-3H3;10*1-2H3. The van der Waals surface area contributed by atoms with Gasteiger partial charge in [0.25, 0.3) is 0 Å². The van der Waals surface area contributed by atoms with E-state index in [1.54, 1.807) is 0 Å². The van der Waals surface area contributed by atoms with E-state index in [1.165, 1.54) is 0 Å². The van der Waals surface area contributed by atoms with Crippen LogP contribution in [0.15, 0.2) is 0 Å². The summed E-state index contributed by atoms with van der Waals surface area (Å²) in [5, 5.41) is 0. The lowest BCUT2D eigenvalue weighted by atomic mass is 10.3. The van der Waals surface area contributed by atoms with Crippen LogP contribution in [0.4, 0.5) is 0 Å². The van der Waals surface area contributed by atoms with Gasteiger partial charge in [0.05, 0.1) is 0 Å². The second-order valence-electron chi connectivity index (χ2n) is 6.93. The summed E-state index contributed by atoms with van der Waals surface area (Å²) < 4.78 is 0. The molecular formula is C36H100. The number of rotatable bonds is 0. The van der Waals surface area contributed by atoms with E-state index in [-0.39, 0.29) is 0 Å². The van der Waals surface area contributed by atoms with Gasteiger partial charge in [0.1, 0.15) is 0 Å². The maximum Gasteiger partial charge on any atom is -0.0500 e. The van der Waals surface area contributed by atoms with Gasteiger partial charge in [-0.25, -0.2) is 0 Å². The Kier molecular flexibility index (Phi) is 711. The zero-order chi connectivity index (χ0) is 34.3. The van der Waals surface area contributed by atoms with Crippen LogP contribution in [0, 0.1) is 23.7 Å². The van der Waals surface area contributed by atoms with E-state index >= 15 is 0 Å². The molecule has 0 N–H and O–H groups in total. The van der Waals surface area contributed by atoms with E-state index < -0.39 is 0 Å². The van der Waals surface area contributed by atoms with Crippen molar-refractivity contribution in [1.29, 1.82) is 0 Å². The lowest BCUT2D eigenvalue weighted by Gasteiger charge is -1.79. The Hall–Kier alpha value is 0. The van der Waals surface area contributed by atoms with Crippen molar-refractivity contribution in [3.05, 3.63) is 0 Å². The smallest absolute Gasteiger partial charge is 0.0500 e. The molecule has 0 aromatic rings. The lowest BCUT2D eigenvalue weighted by molar-refractivity contribution is 0.736. The van der Waals surface area contributed by atoms with E-state index in [1.807, 2.05) is 138 Å². The minimum atomic E-state index is 0.833. The Balaban J connectivity index is -0.0000000123. The SMILES string of the molecule is CC.CC.CC.CC.CC.CC.CC.CC.CC.CC.CC(C)C.CC(C)C.CC(C)C.CC(C)C. The summed E-state index contributed by atoms with van der Waals surface area (Å²) in [5.74, 6) is 3.33. The third kappa shape index (κ3) is 0. The average molecular weight is 533 g/mol. The zero-order valence-electron chi connectivity index (χ0n) is 34.3. The molecule has 0 fully saturated rings. The first-order valence-corrected chi connectivity index (χ1v) is 16.9. The van der Waals surface area contributed by atoms with Gasteiger partial charge in [0.15, 0.2) is 0 Å². The third-order valence-corrected chi connectivity index (χ3v) is 0. The molecule has 0 atom stereocenters. The molecule has 0 aromatic heterocycles. The van der Waals surface area contributed by atoms with E-state index in [0.29, 0.717) is 0 Å². The highest BCUT2D eigenvalue weighted by molar-refractivity contribution is 4.21. The van der Waals surface area contributed by atoms with Gasteiger partial charge in [-0.1, -0.05) is 222 Å². The van der Waals surface area contributed by atoms with Crippen molar-refractivity contribution in [2.45, 2.75) is 222 Å². The molecule has 0 aliphatic heterocycles. The second kappa shape index (κ2) is 281. The predicted octanol–water partition coefficient (Wildman–Crippen LogP) is 16.9. The Labute approximate surface area is 245 Å². The Morgan fingerprint density at radius 2 is 0.139 bits per heavy atom. The van der Waals surface area contributed by atoms with Crippen LogP contribution in [0.2, 0.25) is 0 Å². The first-order chi connectivity index (χ1) is 16.9. The van der Waals surface area contributed by atoms with Crippen molar-refractivity contribution in [2.75, 3.05) is 0 Å². The molecule has 0 aromatic carbocycles. The summed E-state index contributed by atoms with van der Waals surface area (Å²) in [6.07, 6.45) is 0. The molecule has 0 radical (unpaired) electrons. The van der Waals surface area contributed by atoms with Crippen LogP contribution >= 0.6 is 0 Å². The Morgan fingerprint density at radius 1 is 0.139 bits per heavy atom. The van der Waals surface area contributed by atoms with Crippen molar-refractivity contribution < 1.29 is 0 Å². The normalized spacial score (nSPS) is 5.67. The second-order valence-corrected chi connectivity index (χ2v) is 6.93. The largest absolute Gasteiger partial charge is 0.0683 e. The molecular weight excluding hydrogens is 432 g/mol. The highest BCUT2D eigenvalue weighted by atomic mass is 13.8. The van der Waals surface area contributed by atoms with Gasteiger partial charge >= 0.3 is 0 Å². The molecule has 0 saturated carbocycles. The Morgan fingerprint density at radius 3 is 0.139 bits per heavy atom. The van der Waals surface area contributed by atoms with Gasteiger partial charge in [-0.15, -0.1) is 0 Å². The molecule has 0 aliphatic rings. The summed E-state index contributed by atoms with van der Waals surface area (Å²) in [4.78, 5) is 0. The van der Waals surface area contributed by atoms with Crippen LogP contribution in [0.5, 0.6) is 0 Å². The summed E-state index contributed by atoms with van der Waals surface area (Å²) in [5.41, 5.74) is 0. The average Bonchev–Trinajstić information content (AvgIpc) is 2.90. The van der Waals surface area contributed by atoms with Gasteiger partial charge in [-0.2, -0.15) is 0 Å². The summed E-state index contributed by atoms with van der Waals surface area (Å²) in [6.45, 7) is 66.0. The highest BCUT2D eigenvalue weighted by Gasteiger charge is 1.69. The lowest BCUT2D eigenvalue weighted by Crippen LogP contribution is -1.66. The molecule has 0 unspecified atom stereocenters. The third-order valence-electron chi connectivity index (χ3n) is 0. The molecule has 0 amide bonds. The van der Waals surface area contributed by atoms with Crippen molar-refractivity contribution in [3.8, 4) is 0 Å². The summed E-state index contributed by atoms with van der Waals surface area (Å²) in [6, 6.07) is 0. The van der Waals surface area contributed by atoms with Crippen LogP contribution in [0.1, 0.15) is 222 Å². The van der Waals surface area contributed by atoms with E-state index in [4.69, 9.17) is 0 Å². The molecule has 0 aliphatic carbocycles. The van der Waals surface area contributed by atoms with E-state index in [9.17, 15) is 0 Å². The maximum atomic E-state index is 2.17. The van der Waals surface area contributed by atoms with Crippen molar-refractivity contribution >= 4 is 0 Å². The fourth-order valence-corrected chi connectivity index (χ4v) is 0. The topological polar surface area (TPSA) is 0 Å². The van der Waals surface area contributed by atoms with Gasteiger partial charge in [-0.3, -0.25) is 0 Å². The molecule has 0 heteroatoms. The highest BCUT2D eigenvalue weighted by Crippen LogP contribution is 1.82. The van der Waals surface area contributed by atoms with Crippen LogP contribution in [0.3, 0.4) is 0 Å². The van der Waals surface area contributed by atoms with Crippen molar-refractivity contribution in [3.63, 3.8) is 0 Å². The van der Waals surface area contributed by atoms with Gasteiger partial charge < -0.3 is 0 Å². The maximum absolute atomic E-state index is 2.17. The van der Waals surface area contributed by atoms with Crippen LogP contribution in [0.25, 0.3) is 0 Å². The molecule has 36 heavy (non-hydrogen) atoms. The van der Waals surface area contributed by atoms with Crippen LogP contribution < -0.4 is 0 Å². The van der Waals surface area contributed by atoms with Gasteiger partial charge in [-0.05, 0) is 23.7 Å². The molecule has 0 saturated heterocycles. The zero-order valence-corrected chi connectivity index (χ0v) is 34.3. The molecule has 0 nitrogen and oxygen atoms in total. The fourth-order valence-electron chi connectivity index (χ4n) is 0. The van der Waals surface area contributed by atoms with Gasteiger partial charge in [0, 0.05) is 0 Å². The molecule has 0 heterocycles.